The molecule has 3 heterocycles. The molecule has 0 radical (unpaired) electrons. The molecule has 0 spiro atoms. The monoisotopic (exact) mass is 421 g/mol. The minimum absolute atomic E-state index is 0.0255. The zero-order chi connectivity index (χ0) is 21.4. The lowest BCUT2D eigenvalue weighted by Crippen LogP contribution is -2.45. The first kappa shape index (κ1) is 20.8. The number of nitrogens with zero attached hydrogens (tertiary/aromatic N) is 5. The summed E-state index contributed by atoms with van der Waals surface area (Å²) in [5, 5.41) is 11.5. The quantitative estimate of drug-likeness (QED) is 0.564. The molecule has 0 fully saturated rings. The highest BCUT2D eigenvalue weighted by Crippen LogP contribution is 2.34. The predicted octanol–water partition coefficient (Wildman–Crippen LogP) is 3.78. The number of hydrogen-bond donors (Lipinski definition) is 0. The van der Waals surface area contributed by atoms with E-state index in [1.54, 1.807) is 0 Å². The van der Waals surface area contributed by atoms with Gasteiger partial charge in [0, 0.05) is 11.8 Å². The summed E-state index contributed by atoms with van der Waals surface area (Å²) in [6.07, 6.45) is -3.67. The lowest BCUT2D eigenvalue weighted by atomic mass is 10.1. The summed E-state index contributed by atoms with van der Waals surface area (Å²) in [7, 11) is 0. The van der Waals surface area contributed by atoms with Crippen LogP contribution in [0.1, 0.15) is 19.7 Å². The van der Waals surface area contributed by atoms with E-state index in [2.05, 4.69) is 29.8 Å². The standard InChI is InChI=1S/C16H13F6N5O2/c1-15(2,16(20,21)22)29-13-9(17)5-8(6-23-13)10-3-4-11-24-25-12(27(11)26-10)7-28-14(18)19/h3-6,14H,7H2,1-2H3. The van der Waals surface area contributed by atoms with Crippen molar-refractivity contribution in [2.24, 2.45) is 0 Å². The summed E-state index contributed by atoms with van der Waals surface area (Å²) in [6, 6.07) is 3.76. The average molecular weight is 421 g/mol. The van der Waals surface area contributed by atoms with Gasteiger partial charge in [0.15, 0.2) is 22.9 Å². The van der Waals surface area contributed by atoms with E-state index in [-0.39, 0.29) is 22.7 Å². The normalized spacial score (nSPS) is 12.7. The summed E-state index contributed by atoms with van der Waals surface area (Å²) in [6.45, 7) is -2.10. The molecule has 0 N–H and O–H groups in total. The van der Waals surface area contributed by atoms with Gasteiger partial charge in [0.25, 0.3) is 5.88 Å². The van der Waals surface area contributed by atoms with Gasteiger partial charge in [0.1, 0.15) is 6.61 Å². The van der Waals surface area contributed by atoms with Crippen molar-refractivity contribution in [1.29, 1.82) is 0 Å². The highest BCUT2D eigenvalue weighted by Gasteiger charge is 2.50. The van der Waals surface area contributed by atoms with E-state index in [4.69, 9.17) is 0 Å². The van der Waals surface area contributed by atoms with Crippen LogP contribution in [-0.2, 0) is 11.3 Å². The summed E-state index contributed by atoms with van der Waals surface area (Å²) in [4.78, 5) is 3.60. The van der Waals surface area contributed by atoms with Crippen molar-refractivity contribution in [3.8, 4) is 17.1 Å². The minimum Gasteiger partial charge on any atom is -0.460 e. The van der Waals surface area contributed by atoms with Gasteiger partial charge in [-0.1, -0.05) is 0 Å². The number of alkyl halides is 5. The van der Waals surface area contributed by atoms with E-state index in [1.165, 1.54) is 12.1 Å². The number of rotatable bonds is 6. The first-order valence-corrected chi connectivity index (χ1v) is 8.01. The van der Waals surface area contributed by atoms with Gasteiger partial charge >= 0.3 is 12.8 Å². The molecule has 0 aliphatic rings. The van der Waals surface area contributed by atoms with Crippen molar-refractivity contribution < 1.29 is 35.8 Å². The molecule has 3 aromatic heterocycles. The van der Waals surface area contributed by atoms with Crippen LogP contribution in [0.15, 0.2) is 24.4 Å². The summed E-state index contributed by atoms with van der Waals surface area (Å²) in [5.74, 6) is -1.98. The highest BCUT2D eigenvalue weighted by atomic mass is 19.4. The topological polar surface area (TPSA) is 74.4 Å². The number of aromatic nitrogens is 5. The van der Waals surface area contributed by atoms with Crippen molar-refractivity contribution in [1.82, 2.24) is 24.8 Å². The van der Waals surface area contributed by atoms with E-state index < -0.39 is 36.7 Å². The van der Waals surface area contributed by atoms with Gasteiger partial charge in [-0.05, 0) is 32.0 Å². The molecule has 0 saturated heterocycles. The van der Waals surface area contributed by atoms with E-state index in [9.17, 15) is 26.3 Å². The zero-order valence-electron chi connectivity index (χ0n) is 14.9. The molecular formula is C16H13F6N5O2. The zero-order valence-corrected chi connectivity index (χ0v) is 14.9. The molecule has 0 unspecified atom stereocenters. The second-order valence-electron chi connectivity index (χ2n) is 6.30. The summed E-state index contributed by atoms with van der Waals surface area (Å²) >= 11 is 0. The SMILES string of the molecule is CC(C)(Oc1ncc(-c2ccc3nnc(COC(F)F)n3n2)cc1F)C(F)(F)F. The molecular weight excluding hydrogens is 408 g/mol. The second-order valence-corrected chi connectivity index (χ2v) is 6.30. The summed E-state index contributed by atoms with van der Waals surface area (Å²) in [5.41, 5.74) is -2.18. The maximum Gasteiger partial charge on any atom is 0.427 e. The molecule has 0 aliphatic carbocycles. The van der Waals surface area contributed by atoms with Gasteiger partial charge in [0.2, 0.25) is 0 Å². The third-order valence-corrected chi connectivity index (χ3v) is 3.80. The number of fused-ring (bicyclic) bond motifs is 1. The fourth-order valence-corrected chi connectivity index (χ4v) is 2.15. The van der Waals surface area contributed by atoms with Crippen molar-refractivity contribution in [3.05, 3.63) is 36.0 Å². The van der Waals surface area contributed by atoms with Crippen molar-refractivity contribution in [2.45, 2.75) is 38.8 Å². The lowest BCUT2D eigenvalue weighted by Gasteiger charge is -2.28. The number of ether oxygens (including phenoxy) is 2. The van der Waals surface area contributed by atoms with Crippen LogP contribution in [0.2, 0.25) is 0 Å². The van der Waals surface area contributed by atoms with Gasteiger partial charge in [-0.2, -0.15) is 31.6 Å². The fraction of sp³-hybridized carbons (Fsp3) is 0.375. The Hall–Kier alpha value is -2.96. The molecule has 0 saturated carbocycles. The van der Waals surface area contributed by atoms with Crippen LogP contribution in [0.4, 0.5) is 26.3 Å². The van der Waals surface area contributed by atoms with Gasteiger partial charge in [-0.25, -0.2) is 9.37 Å². The second kappa shape index (κ2) is 7.46. The third kappa shape index (κ3) is 4.39. The Morgan fingerprint density at radius 1 is 1.14 bits per heavy atom. The molecule has 3 rings (SSSR count). The molecule has 3 aromatic rings. The lowest BCUT2D eigenvalue weighted by molar-refractivity contribution is -0.235. The van der Waals surface area contributed by atoms with Crippen LogP contribution in [0, 0.1) is 5.82 Å². The molecule has 29 heavy (non-hydrogen) atoms. The highest BCUT2D eigenvalue weighted by molar-refractivity contribution is 5.59. The molecule has 13 heteroatoms. The van der Waals surface area contributed by atoms with Gasteiger partial charge in [0.05, 0.1) is 5.69 Å². The smallest absolute Gasteiger partial charge is 0.427 e. The Morgan fingerprint density at radius 2 is 1.86 bits per heavy atom. The van der Waals surface area contributed by atoms with Gasteiger partial charge < -0.3 is 9.47 Å². The summed E-state index contributed by atoms with van der Waals surface area (Å²) < 4.78 is 87.4. The maximum atomic E-state index is 14.3. The molecule has 0 aliphatic heterocycles. The van der Waals surface area contributed by atoms with E-state index in [0.717, 1.165) is 30.6 Å². The van der Waals surface area contributed by atoms with Crippen LogP contribution in [0.25, 0.3) is 16.9 Å². The minimum atomic E-state index is -4.74. The number of hydrogen-bond acceptors (Lipinski definition) is 6. The number of halogens is 6. The van der Waals surface area contributed by atoms with Crippen LogP contribution in [0.5, 0.6) is 5.88 Å². The van der Waals surface area contributed by atoms with E-state index >= 15 is 0 Å². The Bertz CT molecular complexity index is 1020. The Morgan fingerprint density at radius 3 is 2.48 bits per heavy atom. The molecule has 0 amide bonds. The van der Waals surface area contributed by atoms with Crippen molar-refractivity contribution >= 4 is 5.65 Å². The molecule has 0 bridgehead atoms. The molecule has 0 aromatic carbocycles. The van der Waals surface area contributed by atoms with Gasteiger partial charge in [-0.3, -0.25) is 0 Å². The van der Waals surface area contributed by atoms with Crippen molar-refractivity contribution in [3.63, 3.8) is 0 Å². The Balaban J connectivity index is 1.90. The predicted molar refractivity (Wildman–Crippen MR) is 85.5 cm³/mol. The first-order chi connectivity index (χ1) is 13.5. The largest absolute Gasteiger partial charge is 0.460 e. The van der Waals surface area contributed by atoms with Crippen molar-refractivity contribution in [2.75, 3.05) is 0 Å². The third-order valence-electron chi connectivity index (χ3n) is 3.80. The van der Waals surface area contributed by atoms with Gasteiger partial charge in [-0.15, -0.1) is 10.2 Å². The van der Waals surface area contributed by atoms with E-state index in [0.29, 0.717) is 0 Å². The maximum absolute atomic E-state index is 14.3. The molecule has 156 valence electrons. The van der Waals surface area contributed by atoms with E-state index in [1.807, 2.05) is 0 Å². The Kier molecular flexibility index (Phi) is 5.34. The van der Waals surface area contributed by atoms with Crippen LogP contribution in [0.3, 0.4) is 0 Å². The van der Waals surface area contributed by atoms with Crippen LogP contribution >= 0.6 is 0 Å². The number of pyridine rings is 1. The molecule has 0 atom stereocenters. The van der Waals surface area contributed by atoms with Crippen LogP contribution in [-0.4, -0.2) is 43.2 Å². The fourth-order valence-electron chi connectivity index (χ4n) is 2.15. The molecule has 7 nitrogen and oxygen atoms in total. The first-order valence-electron chi connectivity index (χ1n) is 8.01. The average Bonchev–Trinajstić information content (AvgIpc) is 3.02. The van der Waals surface area contributed by atoms with Crippen LogP contribution < -0.4 is 4.74 Å². The Labute approximate surface area is 159 Å².